The highest BCUT2D eigenvalue weighted by Gasteiger charge is 2.29. The fourth-order valence-electron chi connectivity index (χ4n) is 3.28. The molecule has 0 bridgehead atoms. The fourth-order valence-corrected chi connectivity index (χ4v) is 4.21. The molecule has 0 radical (unpaired) electrons. The summed E-state index contributed by atoms with van der Waals surface area (Å²) in [5.41, 5.74) is 2.80. The van der Waals surface area contributed by atoms with Crippen molar-refractivity contribution in [2.24, 2.45) is 0 Å². The van der Waals surface area contributed by atoms with Crippen LogP contribution in [-0.2, 0) is 14.3 Å². The summed E-state index contributed by atoms with van der Waals surface area (Å²) in [7, 11) is -3.94. The monoisotopic (exact) mass is 428 g/mol. The molecule has 0 fully saturated rings. The second-order valence-corrected chi connectivity index (χ2v) is 8.78. The van der Waals surface area contributed by atoms with Crippen molar-refractivity contribution < 1.29 is 26.5 Å². The quantitative estimate of drug-likeness (QED) is 0.554. The second kappa shape index (κ2) is 8.08. The van der Waals surface area contributed by atoms with Gasteiger partial charge in [-0.25, -0.2) is 4.39 Å². The van der Waals surface area contributed by atoms with Crippen LogP contribution in [-0.4, -0.2) is 27.7 Å². The molecular weight excluding hydrogens is 407 g/mol. The zero-order valence-electron chi connectivity index (χ0n) is 16.6. The van der Waals surface area contributed by atoms with Crippen LogP contribution in [0.25, 0.3) is 11.1 Å². The van der Waals surface area contributed by atoms with Crippen molar-refractivity contribution in [2.75, 3.05) is 13.2 Å². The molecule has 0 spiro atoms. The molecule has 0 aromatic heterocycles. The van der Waals surface area contributed by atoms with Crippen LogP contribution >= 0.6 is 0 Å². The molecule has 7 heteroatoms. The van der Waals surface area contributed by atoms with Gasteiger partial charge in [0.15, 0.2) is 17.6 Å². The summed E-state index contributed by atoms with van der Waals surface area (Å²) in [6.45, 7) is 3.59. The SMILES string of the molecule is Cc1ccc(S(=O)(=O)OCC2COc3ccc(F)c(-c4ccccc4C)c3O2)cc1. The van der Waals surface area contributed by atoms with Gasteiger partial charge in [-0.3, -0.25) is 4.18 Å². The maximum atomic E-state index is 14.7. The van der Waals surface area contributed by atoms with Gasteiger partial charge >= 0.3 is 0 Å². The lowest BCUT2D eigenvalue weighted by atomic mass is 9.98. The third-order valence-electron chi connectivity index (χ3n) is 4.91. The van der Waals surface area contributed by atoms with Gasteiger partial charge in [-0.1, -0.05) is 42.0 Å². The van der Waals surface area contributed by atoms with Crippen LogP contribution in [0.15, 0.2) is 65.6 Å². The maximum Gasteiger partial charge on any atom is 0.297 e. The van der Waals surface area contributed by atoms with Crippen LogP contribution in [0, 0.1) is 19.7 Å². The molecule has 3 aromatic carbocycles. The largest absolute Gasteiger partial charge is 0.486 e. The summed E-state index contributed by atoms with van der Waals surface area (Å²) in [6.07, 6.45) is -0.706. The Labute approximate surface area is 175 Å². The molecule has 3 aromatic rings. The van der Waals surface area contributed by atoms with E-state index < -0.39 is 22.0 Å². The van der Waals surface area contributed by atoms with E-state index in [1.165, 1.54) is 24.3 Å². The summed E-state index contributed by atoms with van der Waals surface area (Å²) in [4.78, 5) is 0.0665. The Morgan fingerprint density at radius 2 is 1.77 bits per heavy atom. The molecule has 1 heterocycles. The van der Waals surface area contributed by atoms with Crippen LogP contribution in [0.1, 0.15) is 11.1 Å². The molecule has 0 aliphatic carbocycles. The summed E-state index contributed by atoms with van der Waals surface area (Å²) in [5.74, 6) is 0.213. The van der Waals surface area contributed by atoms with Crippen LogP contribution < -0.4 is 9.47 Å². The molecule has 1 aliphatic rings. The van der Waals surface area contributed by atoms with Crippen LogP contribution in [0.3, 0.4) is 0 Å². The van der Waals surface area contributed by atoms with Gasteiger partial charge < -0.3 is 9.47 Å². The summed E-state index contributed by atoms with van der Waals surface area (Å²) < 4.78 is 56.5. The first-order valence-corrected chi connectivity index (χ1v) is 10.9. The van der Waals surface area contributed by atoms with Gasteiger partial charge in [0.05, 0.1) is 10.5 Å². The number of fused-ring (bicyclic) bond motifs is 1. The smallest absolute Gasteiger partial charge is 0.297 e. The predicted molar refractivity (Wildman–Crippen MR) is 111 cm³/mol. The summed E-state index contributed by atoms with van der Waals surface area (Å²) in [5, 5.41) is 0. The third kappa shape index (κ3) is 4.04. The summed E-state index contributed by atoms with van der Waals surface area (Å²) in [6, 6.07) is 16.6. The van der Waals surface area contributed by atoms with Gasteiger partial charge in [-0.2, -0.15) is 8.42 Å². The number of halogens is 1. The predicted octanol–water partition coefficient (Wildman–Crippen LogP) is 4.65. The topological polar surface area (TPSA) is 61.8 Å². The van der Waals surface area contributed by atoms with E-state index in [0.717, 1.165) is 11.1 Å². The van der Waals surface area contributed by atoms with Crippen molar-refractivity contribution in [1.29, 1.82) is 0 Å². The van der Waals surface area contributed by atoms with Crippen molar-refractivity contribution in [3.63, 3.8) is 0 Å². The minimum atomic E-state index is -3.94. The van der Waals surface area contributed by atoms with Crippen molar-refractivity contribution >= 4 is 10.1 Å². The average Bonchev–Trinajstić information content (AvgIpc) is 2.73. The van der Waals surface area contributed by atoms with Crippen molar-refractivity contribution in [2.45, 2.75) is 24.8 Å². The number of ether oxygens (including phenoxy) is 2. The molecule has 0 saturated heterocycles. The highest BCUT2D eigenvalue weighted by Crippen LogP contribution is 2.43. The molecule has 1 aliphatic heterocycles. The normalized spacial score (nSPS) is 15.8. The zero-order chi connectivity index (χ0) is 21.3. The number of hydrogen-bond donors (Lipinski definition) is 0. The molecule has 1 unspecified atom stereocenters. The Morgan fingerprint density at radius 3 is 2.50 bits per heavy atom. The van der Waals surface area contributed by atoms with Crippen LogP contribution in [0.2, 0.25) is 0 Å². The summed E-state index contributed by atoms with van der Waals surface area (Å²) >= 11 is 0. The fraction of sp³-hybridized carbons (Fsp3) is 0.217. The van der Waals surface area contributed by atoms with E-state index in [1.54, 1.807) is 18.2 Å². The number of rotatable bonds is 5. The minimum absolute atomic E-state index is 0.0665. The Hall–Kier alpha value is -2.90. The van der Waals surface area contributed by atoms with Gasteiger partial charge in [-0.15, -0.1) is 0 Å². The first-order chi connectivity index (χ1) is 14.3. The van der Waals surface area contributed by atoms with E-state index in [-0.39, 0.29) is 29.4 Å². The third-order valence-corrected chi connectivity index (χ3v) is 6.21. The molecule has 156 valence electrons. The first-order valence-electron chi connectivity index (χ1n) is 9.49. The highest BCUT2D eigenvalue weighted by molar-refractivity contribution is 7.86. The number of aryl methyl sites for hydroxylation is 2. The lowest BCUT2D eigenvalue weighted by Gasteiger charge is -2.28. The van der Waals surface area contributed by atoms with E-state index in [2.05, 4.69) is 0 Å². The molecule has 1 atom stereocenters. The van der Waals surface area contributed by atoms with Gasteiger partial charge in [0.1, 0.15) is 19.0 Å². The van der Waals surface area contributed by atoms with E-state index in [0.29, 0.717) is 11.3 Å². The minimum Gasteiger partial charge on any atom is -0.486 e. The Morgan fingerprint density at radius 1 is 1.03 bits per heavy atom. The first kappa shape index (κ1) is 20.4. The Balaban J connectivity index is 1.57. The molecule has 0 saturated carbocycles. The van der Waals surface area contributed by atoms with E-state index in [1.807, 2.05) is 32.0 Å². The lowest BCUT2D eigenvalue weighted by Crippen LogP contribution is -2.34. The van der Waals surface area contributed by atoms with Gasteiger partial charge in [0, 0.05) is 0 Å². The van der Waals surface area contributed by atoms with Gasteiger partial charge in [0.2, 0.25) is 0 Å². The maximum absolute atomic E-state index is 14.7. The van der Waals surface area contributed by atoms with Crippen LogP contribution in [0.5, 0.6) is 11.5 Å². The van der Waals surface area contributed by atoms with Crippen molar-refractivity contribution in [3.8, 4) is 22.6 Å². The van der Waals surface area contributed by atoms with Gasteiger partial charge in [-0.05, 0) is 49.2 Å². The van der Waals surface area contributed by atoms with Crippen LogP contribution in [0.4, 0.5) is 4.39 Å². The number of benzene rings is 3. The van der Waals surface area contributed by atoms with Crippen molar-refractivity contribution in [3.05, 3.63) is 77.6 Å². The van der Waals surface area contributed by atoms with Gasteiger partial charge in [0.25, 0.3) is 10.1 Å². The second-order valence-electron chi connectivity index (χ2n) is 7.17. The Kier molecular flexibility index (Phi) is 5.49. The van der Waals surface area contributed by atoms with E-state index in [4.69, 9.17) is 13.7 Å². The zero-order valence-corrected chi connectivity index (χ0v) is 17.4. The molecule has 5 nitrogen and oxygen atoms in total. The highest BCUT2D eigenvalue weighted by atomic mass is 32.2. The molecule has 0 N–H and O–H groups in total. The molecule has 4 rings (SSSR count). The van der Waals surface area contributed by atoms with E-state index in [9.17, 15) is 12.8 Å². The molecule has 30 heavy (non-hydrogen) atoms. The lowest BCUT2D eigenvalue weighted by molar-refractivity contribution is 0.0557. The number of hydrogen-bond acceptors (Lipinski definition) is 5. The standard InChI is InChI=1S/C23H21FO5S/c1-15-7-9-18(10-8-15)30(25,26)28-14-17-13-27-21-12-11-20(24)22(23(21)29-17)19-6-4-3-5-16(19)2/h3-12,17H,13-14H2,1-2H3. The average molecular weight is 428 g/mol. The van der Waals surface area contributed by atoms with Crippen molar-refractivity contribution in [1.82, 2.24) is 0 Å². The molecular formula is C23H21FO5S. The van der Waals surface area contributed by atoms with E-state index >= 15 is 0 Å². The Bertz CT molecular complexity index is 1170. The molecule has 0 amide bonds.